The highest BCUT2D eigenvalue weighted by Gasteiger charge is 2.09. The quantitative estimate of drug-likeness (QED) is 0.723. The molecule has 0 aliphatic carbocycles. The molecule has 72 valence electrons. The number of hydrogen-bond acceptors (Lipinski definition) is 2. The minimum absolute atomic E-state index is 0.170. The molecule has 0 saturated carbocycles. The summed E-state index contributed by atoms with van der Waals surface area (Å²) in [5, 5.41) is 0. The van der Waals surface area contributed by atoms with Crippen LogP contribution >= 0.6 is 11.3 Å². The maximum absolute atomic E-state index is 11.0. The third-order valence-electron chi connectivity index (χ3n) is 2.27. The minimum atomic E-state index is 0.170. The van der Waals surface area contributed by atoms with Crippen molar-refractivity contribution in [1.82, 2.24) is 0 Å². The van der Waals surface area contributed by atoms with Gasteiger partial charge >= 0.3 is 0 Å². The zero-order valence-electron chi connectivity index (χ0n) is 8.46. The molecule has 0 amide bonds. The Morgan fingerprint density at radius 2 is 2.08 bits per heavy atom. The van der Waals surface area contributed by atoms with E-state index in [1.807, 2.05) is 18.3 Å². The Balaban J connectivity index is 2.58. The molecule has 1 aromatic heterocycles. The van der Waals surface area contributed by atoms with Gasteiger partial charge in [-0.15, -0.1) is 11.3 Å². The molecule has 0 fully saturated rings. The van der Waals surface area contributed by atoms with Crippen molar-refractivity contribution in [3.8, 4) is 0 Å². The fraction of sp³-hybridized carbons (Fsp3) is 0.545. The highest BCUT2D eigenvalue weighted by atomic mass is 32.1. The molecule has 0 aliphatic heterocycles. The fourth-order valence-electron chi connectivity index (χ4n) is 1.17. The van der Waals surface area contributed by atoms with Gasteiger partial charge in [0, 0.05) is 15.7 Å². The number of rotatable bonds is 4. The second-order valence-electron chi connectivity index (χ2n) is 3.44. The molecule has 0 radical (unpaired) electrons. The van der Waals surface area contributed by atoms with Gasteiger partial charge in [0.25, 0.3) is 0 Å². The molecule has 1 rings (SSSR count). The van der Waals surface area contributed by atoms with Crippen molar-refractivity contribution in [1.29, 1.82) is 0 Å². The third kappa shape index (κ3) is 2.96. The number of Topliss-reactive ketones (excluding diaryl/α,β-unsaturated/α-hetero) is 1. The van der Waals surface area contributed by atoms with Crippen molar-refractivity contribution in [2.45, 2.75) is 33.6 Å². The average Bonchev–Trinajstić information content (AvgIpc) is 2.52. The first-order chi connectivity index (χ1) is 6.13. The predicted molar refractivity (Wildman–Crippen MR) is 57.2 cm³/mol. The molecule has 0 aromatic carbocycles. The van der Waals surface area contributed by atoms with E-state index in [1.165, 1.54) is 9.75 Å². The van der Waals surface area contributed by atoms with Crippen LogP contribution in [0.1, 0.15) is 30.5 Å². The predicted octanol–water partition coefficient (Wildman–Crippen LogP) is 3.08. The van der Waals surface area contributed by atoms with Crippen molar-refractivity contribution in [3.63, 3.8) is 0 Å². The summed E-state index contributed by atoms with van der Waals surface area (Å²) in [5.74, 6) is 0.454. The van der Waals surface area contributed by atoms with Gasteiger partial charge in [0.15, 0.2) is 0 Å². The molecule has 0 bridgehead atoms. The highest BCUT2D eigenvalue weighted by molar-refractivity contribution is 7.11. The van der Waals surface area contributed by atoms with Crippen molar-refractivity contribution < 1.29 is 4.79 Å². The summed E-state index contributed by atoms with van der Waals surface area (Å²) in [7, 11) is 0. The van der Waals surface area contributed by atoms with Crippen LogP contribution in [0.4, 0.5) is 0 Å². The molecule has 0 saturated heterocycles. The van der Waals surface area contributed by atoms with E-state index >= 15 is 0 Å². The van der Waals surface area contributed by atoms with Gasteiger partial charge in [-0.25, -0.2) is 0 Å². The van der Waals surface area contributed by atoms with Crippen LogP contribution < -0.4 is 0 Å². The lowest BCUT2D eigenvalue weighted by atomic mass is 10.0. The van der Waals surface area contributed by atoms with Crippen LogP contribution in [0, 0.1) is 5.92 Å². The van der Waals surface area contributed by atoms with Crippen LogP contribution in [0.15, 0.2) is 12.1 Å². The number of aryl methyl sites for hydroxylation is 1. The fourth-order valence-corrected chi connectivity index (χ4v) is 2.25. The first-order valence-electron chi connectivity index (χ1n) is 4.71. The van der Waals surface area contributed by atoms with Gasteiger partial charge in [-0.3, -0.25) is 4.79 Å². The number of carbonyl (C=O) groups excluding carboxylic acids is 1. The molecule has 1 unspecified atom stereocenters. The summed E-state index contributed by atoms with van der Waals surface area (Å²) in [6.07, 6.45) is 2.00. The van der Waals surface area contributed by atoms with E-state index in [0.717, 1.165) is 12.8 Å². The molecule has 2 heteroatoms. The standard InChI is InChI=1S/C11H16OS/c1-4-10-5-6-11(13-10)7-8(2)9(3)12/h5-6,8H,4,7H2,1-3H3. The summed E-state index contributed by atoms with van der Waals surface area (Å²) in [6.45, 7) is 5.82. The topological polar surface area (TPSA) is 17.1 Å². The molecule has 0 spiro atoms. The van der Waals surface area contributed by atoms with Crippen molar-refractivity contribution in [2.24, 2.45) is 5.92 Å². The summed E-state index contributed by atoms with van der Waals surface area (Å²) in [4.78, 5) is 13.8. The Labute approximate surface area is 83.8 Å². The zero-order valence-corrected chi connectivity index (χ0v) is 9.28. The van der Waals surface area contributed by atoms with Crippen LogP contribution in [0.5, 0.6) is 0 Å². The largest absolute Gasteiger partial charge is 0.300 e. The Hall–Kier alpha value is -0.630. The van der Waals surface area contributed by atoms with E-state index in [4.69, 9.17) is 0 Å². The Morgan fingerprint density at radius 3 is 2.54 bits per heavy atom. The van der Waals surface area contributed by atoms with Gasteiger partial charge in [-0.1, -0.05) is 13.8 Å². The summed E-state index contributed by atoms with van der Waals surface area (Å²) < 4.78 is 0. The van der Waals surface area contributed by atoms with E-state index in [9.17, 15) is 4.79 Å². The summed E-state index contributed by atoms with van der Waals surface area (Å²) >= 11 is 1.83. The van der Waals surface area contributed by atoms with E-state index in [2.05, 4.69) is 19.1 Å². The average molecular weight is 196 g/mol. The van der Waals surface area contributed by atoms with Crippen LogP contribution in [0.25, 0.3) is 0 Å². The van der Waals surface area contributed by atoms with Gasteiger partial charge in [0.2, 0.25) is 0 Å². The number of hydrogen-bond donors (Lipinski definition) is 0. The van der Waals surface area contributed by atoms with E-state index in [0.29, 0.717) is 0 Å². The zero-order chi connectivity index (χ0) is 9.84. The SMILES string of the molecule is CCc1ccc(CC(C)C(C)=O)s1. The van der Waals surface area contributed by atoms with Crippen molar-refractivity contribution in [2.75, 3.05) is 0 Å². The van der Waals surface area contributed by atoms with Crippen LogP contribution in [0.3, 0.4) is 0 Å². The number of thiophene rings is 1. The molecular formula is C11H16OS. The lowest BCUT2D eigenvalue weighted by molar-refractivity contribution is -0.120. The van der Waals surface area contributed by atoms with Gasteiger partial charge in [-0.2, -0.15) is 0 Å². The van der Waals surface area contributed by atoms with Gasteiger partial charge < -0.3 is 0 Å². The van der Waals surface area contributed by atoms with E-state index in [1.54, 1.807) is 6.92 Å². The normalized spacial score (nSPS) is 12.8. The number of carbonyl (C=O) groups is 1. The molecule has 0 N–H and O–H groups in total. The van der Waals surface area contributed by atoms with E-state index < -0.39 is 0 Å². The van der Waals surface area contributed by atoms with Crippen molar-refractivity contribution in [3.05, 3.63) is 21.9 Å². The van der Waals surface area contributed by atoms with Crippen molar-refractivity contribution >= 4 is 17.1 Å². The second kappa shape index (κ2) is 4.56. The Morgan fingerprint density at radius 1 is 1.46 bits per heavy atom. The first kappa shape index (κ1) is 10.5. The highest BCUT2D eigenvalue weighted by Crippen LogP contribution is 2.20. The maximum atomic E-state index is 11.0. The molecule has 1 aromatic rings. The minimum Gasteiger partial charge on any atom is -0.300 e. The Kier molecular flexibility index (Phi) is 3.67. The molecule has 0 aliphatic rings. The monoisotopic (exact) mass is 196 g/mol. The third-order valence-corrected chi connectivity index (χ3v) is 3.52. The number of ketones is 1. The molecule has 1 nitrogen and oxygen atoms in total. The Bertz CT molecular complexity index is 288. The lowest BCUT2D eigenvalue weighted by Crippen LogP contribution is -2.08. The molecule has 1 atom stereocenters. The molecular weight excluding hydrogens is 180 g/mol. The second-order valence-corrected chi connectivity index (χ2v) is 4.69. The summed E-state index contributed by atoms with van der Waals surface area (Å²) in [6, 6.07) is 4.30. The molecule has 1 heterocycles. The van der Waals surface area contributed by atoms with Crippen LogP contribution in [-0.4, -0.2) is 5.78 Å². The van der Waals surface area contributed by atoms with E-state index in [-0.39, 0.29) is 11.7 Å². The lowest BCUT2D eigenvalue weighted by Gasteiger charge is -2.03. The first-order valence-corrected chi connectivity index (χ1v) is 5.53. The van der Waals surface area contributed by atoms with Gasteiger partial charge in [0.1, 0.15) is 5.78 Å². The smallest absolute Gasteiger partial charge is 0.132 e. The molecule has 13 heavy (non-hydrogen) atoms. The van der Waals surface area contributed by atoms with Gasteiger partial charge in [-0.05, 0) is 31.9 Å². The van der Waals surface area contributed by atoms with Crippen LogP contribution in [-0.2, 0) is 17.6 Å². The van der Waals surface area contributed by atoms with Gasteiger partial charge in [0.05, 0.1) is 0 Å². The summed E-state index contributed by atoms with van der Waals surface area (Å²) in [5.41, 5.74) is 0. The maximum Gasteiger partial charge on any atom is 0.132 e. The van der Waals surface area contributed by atoms with Crippen LogP contribution in [0.2, 0.25) is 0 Å².